The molecule has 0 saturated carbocycles. The zero-order valence-corrected chi connectivity index (χ0v) is 16.1. The van der Waals surface area contributed by atoms with Crippen molar-refractivity contribution < 1.29 is 22.3 Å². The van der Waals surface area contributed by atoms with Gasteiger partial charge in [0.2, 0.25) is 4.75 Å². The topological polar surface area (TPSA) is 86.7 Å². The standard InChI is InChI=1S/C20H18O5S2/c1-25-19-14-12-18(13-15-19)20(26(21)27(22,23)24,16-8-4-2-5-9-16)17-10-6-3-7-11-17/h2-15H,1H3,(H,22,23,24). The summed E-state index contributed by atoms with van der Waals surface area (Å²) in [5, 5.41) is 0. The Morgan fingerprint density at radius 2 is 1.22 bits per heavy atom. The van der Waals surface area contributed by atoms with E-state index in [0.717, 1.165) is 0 Å². The Hall–Kier alpha value is -2.32. The van der Waals surface area contributed by atoms with Crippen molar-refractivity contribution in [3.05, 3.63) is 102 Å². The molecule has 3 rings (SSSR count). The average molecular weight is 402 g/mol. The molecule has 0 spiro atoms. The van der Waals surface area contributed by atoms with E-state index in [1.54, 1.807) is 84.9 Å². The fourth-order valence-corrected chi connectivity index (χ4v) is 6.23. The maximum absolute atomic E-state index is 13.3. The molecule has 27 heavy (non-hydrogen) atoms. The lowest BCUT2D eigenvalue weighted by Gasteiger charge is -2.34. The van der Waals surface area contributed by atoms with Crippen molar-refractivity contribution in [1.29, 1.82) is 0 Å². The fourth-order valence-electron chi connectivity index (χ4n) is 3.12. The van der Waals surface area contributed by atoms with Gasteiger partial charge in [-0.3, -0.25) is 0 Å². The smallest absolute Gasteiger partial charge is 0.446 e. The highest BCUT2D eigenvalue weighted by Gasteiger charge is 2.54. The zero-order valence-electron chi connectivity index (χ0n) is 14.5. The zero-order chi connectivity index (χ0) is 19.5. The minimum atomic E-state index is -4.88. The Balaban J connectivity index is 2.41. The molecule has 5 nitrogen and oxygen atoms in total. The molecule has 0 bridgehead atoms. The number of methoxy groups -OCH3 is 1. The van der Waals surface area contributed by atoms with Gasteiger partial charge in [0.05, 0.1) is 7.11 Å². The van der Waals surface area contributed by atoms with Gasteiger partial charge in [-0.2, -0.15) is 8.42 Å². The second kappa shape index (κ2) is 7.74. The van der Waals surface area contributed by atoms with Crippen LogP contribution in [0.5, 0.6) is 5.75 Å². The second-order valence-electron chi connectivity index (χ2n) is 5.80. The molecule has 3 aromatic carbocycles. The summed E-state index contributed by atoms with van der Waals surface area (Å²) in [4.78, 5) is 0. The first-order chi connectivity index (χ1) is 12.9. The Labute approximate surface area is 161 Å². The van der Waals surface area contributed by atoms with Crippen LogP contribution in [0.3, 0.4) is 0 Å². The molecular formula is C20H18O5S2. The van der Waals surface area contributed by atoms with Crippen molar-refractivity contribution in [3.63, 3.8) is 0 Å². The number of benzene rings is 3. The fraction of sp³-hybridized carbons (Fsp3) is 0.100. The van der Waals surface area contributed by atoms with Crippen LogP contribution in [0.15, 0.2) is 84.9 Å². The Bertz CT molecular complexity index is 948. The maximum atomic E-state index is 13.3. The van der Waals surface area contributed by atoms with E-state index in [1.165, 1.54) is 7.11 Å². The number of hydrogen-bond donors (Lipinski definition) is 1. The lowest BCUT2D eigenvalue weighted by Crippen LogP contribution is -2.42. The van der Waals surface area contributed by atoms with E-state index in [1.807, 2.05) is 0 Å². The van der Waals surface area contributed by atoms with Gasteiger partial charge in [0.25, 0.3) is 0 Å². The molecule has 0 fully saturated rings. The van der Waals surface area contributed by atoms with Crippen LogP contribution in [-0.2, 0) is 24.1 Å². The summed E-state index contributed by atoms with van der Waals surface area (Å²) in [6.45, 7) is 0. The van der Waals surface area contributed by atoms with E-state index >= 15 is 0 Å². The van der Waals surface area contributed by atoms with E-state index in [-0.39, 0.29) is 0 Å². The van der Waals surface area contributed by atoms with Gasteiger partial charge < -0.3 is 9.29 Å². The summed E-state index contributed by atoms with van der Waals surface area (Å²) in [6, 6.07) is 23.9. The van der Waals surface area contributed by atoms with Crippen LogP contribution < -0.4 is 4.74 Å². The molecule has 0 amide bonds. The van der Waals surface area contributed by atoms with Crippen molar-refractivity contribution in [2.45, 2.75) is 4.75 Å². The third kappa shape index (κ3) is 3.59. The molecule has 0 aliphatic rings. The normalized spacial score (nSPS) is 13.1. The largest absolute Gasteiger partial charge is 0.598 e. The molecule has 0 aromatic heterocycles. The SMILES string of the molecule is COc1ccc(C(c2ccccc2)(c2ccccc2)[S+]([O-])S(=O)(=O)O)cc1. The highest BCUT2D eigenvalue weighted by molar-refractivity contribution is 8.65. The molecule has 3 aromatic rings. The predicted molar refractivity (Wildman–Crippen MR) is 105 cm³/mol. The summed E-state index contributed by atoms with van der Waals surface area (Å²) >= 11 is 0. The van der Waals surface area contributed by atoms with Crippen LogP contribution >= 0.6 is 0 Å². The Morgan fingerprint density at radius 3 is 1.59 bits per heavy atom. The minimum Gasteiger partial charge on any atom is -0.598 e. The molecule has 1 atom stereocenters. The van der Waals surface area contributed by atoms with Gasteiger partial charge in [-0.1, -0.05) is 60.7 Å². The minimum absolute atomic E-state index is 0.455. The monoisotopic (exact) mass is 402 g/mol. The third-order valence-corrected chi connectivity index (χ3v) is 7.79. The van der Waals surface area contributed by atoms with Gasteiger partial charge >= 0.3 is 9.15 Å². The van der Waals surface area contributed by atoms with Gasteiger partial charge in [-0.05, 0) is 24.3 Å². The quantitative estimate of drug-likeness (QED) is 0.295. The summed E-state index contributed by atoms with van der Waals surface area (Å²) in [6.07, 6.45) is 0. The number of hydrogen-bond acceptors (Lipinski definition) is 4. The van der Waals surface area contributed by atoms with Crippen LogP contribution in [0.4, 0.5) is 0 Å². The lowest BCUT2D eigenvalue weighted by molar-refractivity contribution is 0.414. The number of ether oxygens (including phenoxy) is 1. The second-order valence-corrected chi connectivity index (χ2v) is 9.91. The number of rotatable bonds is 6. The van der Waals surface area contributed by atoms with Crippen LogP contribution in [0.2, 0.25) is 0 Å². The molecule has 1 unspecified atom stereocenters. The molecule has 0 heterocycles. The van der Waals surface area contributed by atoms with Gasteiger partial charge in [-0.25, -0.2) is 4.55 Å². The molecule has 0 saturated heterocycles. The van der Waals surface area contributed by atoms with E-state index in [2.05, 4.69) is 0 Å². The van der Waals surface area contributed by atoms with Gasteiger partial charge in [0.1, 0.15) is 16.0 Å². The van der Waals surface area contributed by atoms with Crippen molar-refractivity contribution in [3.8, 4) is 5.75 Å². The molecule has 7 heteroatoms. The van der Waals surface area contributed by atoms with E-state index < -0.39 is 24.1 Å². The van der Waals surface area contributed by atoms with Crippen molar-refractivity contribution in [2.75, 3.05) is 7.11 Å². The first-order valence-corrected chi connectivity index (χ1v) is 11.2. The molecule has 0 aliphatic heterocycles. The Kier molecular flexibility index (Phi) is 5.57. The molecule has 0 aliphatic carbocycles. The molecular weight excluding hydrogens is 384 g/mol. The van der Waals surface area contributed by atoms with Gasteiger partial charge in [-0.15, -0.1) is 0 Å². The van der Waals surface area contributed by atoms with Crippen LogP contribution in [0, 0.1) is 0 Å². The van der Waals surface area contributed by atoms with Crippen molar-refractivity contribution >= 4 is 19.4 Å². The molecule has 0 radical (unpaired) electrons. The third-order valence-electron chi connectivity index (χ3n) is 4.30. The van der Waals surface area contributed by atoms with E-state index in [0.29, 0.717) is 22.4 Å². The maximum Gasteiger partial charge on any atom is 0.446 e. The van der Waals surface area contributed by atoms with E-state index in [4.69, 9.17) is 4.74 Å². The van der Waals surface area contributed by atoms with Crippen LogP contribution in [0.1, 0.15) is 16.7 Å². The summed E-state index contributed by atoms with van der Waals surface area (Å²) < 4.78 is 50.7. The lowest BCUT2D eigenvalue weighted by atomic mass is 9.84. The first kappa shape index (κ1) is 19.4. The first-order valence-electron chi connectivity index (χ1n) is 8.06. The average Bonchev–Trinajstić information content (AvgIpc) is 2.70. The van der Waals surface area contributed by atoms with Gasteiger partial charge in [0, 0.05) is 16.7 Å². The summed E-state index contributed by atoms with van der Waals surface area (Å²) in [7, 11) is -6.07. The molecule has 1 N–H and O–H groups in total. The molecule has 140 valence electrons. The van der Waals surface area contributed by atoms with Crippen LogP contribution in [-0.4, -0.2) is 24.6 Å². The van der Waals surface area contributed by atoms with Crippen molar-refractivity contribution in [1.82, 2.24) is 0 Å². The van der Waals surface area contributed by atoms with E-state index in [9.17, 15) is 17.5 Å². The summed E-state index contributed by atoms with van der Waals surface area (Å²) in [5.41, 5.74) is 1.42. The summed E-state index contributed by atoms with van der Waals surface area (Å²) in [5.74, 6) is 0.575. The Morgan fingerprint density at radius 1 is 0.815 bits per heavy atom. The van der Waals surface area contributed by atoms with Crippen molar-refractivity contribution in [2.24, 2.45) is 0 Å². The van der Waals surface area contributed by atoms with Gasteiger partial charge in [0.15, 0.2) is 0 Å². The van der Waals surface area contributed by atoms with Crippen LogP contribution in [0.25, 0.3) is 0 Å². The predicted octanol–water partition coefficient (Wildman–Crippen LogP) is 3.54. The highest BCUT2D eigenvalue weighted by atomic mass is 33.2. The highest BCUT2D eigenvalue weighted by Crippen LogP contribution is 2.46.